The number of carbonyl (C=O) groups is 4. The molecule has 0 atom stereocenters. The van der Waals surface area contributed by atoms with Gasteiger partial charge in [0, 0.05) is 18.5 Å². The SMILES string of the molecule is C=C(C)C(=O)OCCOCCNC(=O)OCCc1ccc(OC(=O)[C@H]2CC[C@H](C(=O)O)CC2)cc1. The number of benzene rings is 1. The summed E-state index contributed by atoms with van der Waals surface area (Å²) >= 11 is 0. The lowest BCUT2D eigenvalue weighted by atomic mass is 9.82. The Hall–Kier alpha value is -3.40. The third-order valence-electron chi connectivity index (χ3n) is 5.50. The van der Waals surface area contributed by atoms with Crippen molar-refractivity contribution in [2.24, 2.45) is 11.8 Å². The number of esters is 2. The molecule has 2 rings (SSSR count). The summed E-state index contributed by atoms with van der Waals surface area (Å²) in [5.41, 5.74) is 1.23. The van der Waals surface area contributed by atoms with E-state index < -0.39 is 18.0 Å². The Morgan fingerprint density at radius 2 is 1.60 bits per heavy atom. The van der Waals surface area contributed by atoms with Gasteiger partial charge in [-0.3, -0.25) is 9.59 Å². The van der Waals surface area contributed by atoms with E-state index in [9.17, 15) is 19.2 Å². The molecule has 1 amide bonds. The van der Waals surface area contributed by atoms with Gasteiger partial charge < -0.3 is 29.4 Å². The van der Waals surface area contributed by atoms with Gasteiger partial charge in [-0.25, -0.2) is 9.59 Å². The maximum Gasteiger partial charge on any atom is 0.407 e. The van der Waals surface area contributed by atoms with Crippen LogP contribution in [0, 0.1) is 11.8 Å². The first-order valence-corrected chi connectivity index (χ1v) is 11.6. The maximum absolute atomic E-state index is 12.3. The number of carboxylic acid groups (broad SMARTS) is 1. The Balaban J connectivity index is 1.55. The Bertz CT molecular complexity index is 873. The van der Waals surface area contributed by atoms with Gasteiger partial charge in [0.15, 0.2) is 0 Å². The third kappa shape index (κ3) is 10.6. The van der Waals surface area contributed by atoms with E-state index in [1.165, 1.54) is 0 Å². The summed E-state index contributed by atoms with van der Waals surface area (Å²) in [6, 6.07) is 6.95. The first kappa shape index (κ1) is 27.8. The highest BCUT2D eigenvalue weighted by molar-refractivity contribution is 5.86. The lowest BCUT2D eigenvalue weighted by molar-refractivity contribution is -0.146. The van der Waals surface area contributed by atoms with Gasteiger partial charge in [0.2, 0.25) is 0 Å². The van der Waals surface area contributed by atoms with Crippen molar-refractivity contribution in [1.29, 1.82) is 0 Å². The number of ether oxygens (including phenoxy) is 4. The van der Waals surface area contributed by atoms with Gasteiger partial charge in [0.1, 0.15) is 12.4 Å². The van der Waals surface area contributed by atoms with Crippen LogP contribution in [0.4, 0.5) is 4.79 Å². The Labute approximate surface area is 204 Å². The van der Waals surface area contributed by atoms with Crippen LogP contribution in [0.3, 0.4) is 0 Å². The first-order valence-electron chi connectivity index (χ1n) is 11.6. The fourth-order valence-corrected chi connectivity index (χ4v) is 3.46. The molecule has 2 N–H and O–H groups in total. The van der Waals surface area contributed by atoms with Crippen molar-refractivity contribution in [3.8, 4) is 5.75 Å². The van der Waals surface area contributed by atoms with Gasteiger partial charge >= 0.3 is 24.0 Å². The molecule has 1 fully saturated rings. The van der Waals surface area contributed by atoms with Crippen LogP contribution in [-0.2, 0) is 35.0 Å². The van der Waals surface area contributed by atoms with Gasteiger partial charge in [0.05, 0.1) is 31.7 Å². The normalized spacial score (nSPS) is 17.2. The number of rotatable bonds is 13. The van der Waals surface area contributed by atoms with Crippen molar-refractivity contribution in [2.45, 2.75) is 39.0 Å². The van der Waals surface area contributed by atoms with Crippen molar-refractivity contribution in [1.82, 2.24) is 5.32 Å². The minimum atomic E-state index is -0.807. The summed E-state index contributed by atoms with van der Waals surface area (Å²) < 4.78 is 20.7. The second-order valence-corrected chi connectivity index (χ2v) is 8.29. The molecule has 0 bridgehead atoms. The Kier molecular flexibility index (Phi) is 11.8. The first-order chi connectivity index (χ1) is 16.8. The van der Waals surface area contributed by atoms with E-state index in [-0.39, 0.29) is 50.8 Å². The summed E-state index contributed by atoms with van der Waals surface area (Å²) in [5.74, 6) is -1.84. The Morgan fingerprint density at radius 3 is 2.23 bits per heavy atom. The average Bonchev–Trinajstić information content (AvgIpc) is 2.84. The molecule has 0 radical (unpaired) electrons. The van der Waals surface area contributed by atoms with E-state index in [0.29, 0.717) is 43.4 Å². The maximum atomic E-state index is 12.3. The Morgan fingerprint density at radius 1 is 0.943 bits per heavy atom. The minimum Gasteiger partial charge on any atom is -0.481 e. The van der Waals surface area contributed by atoms with Crippen LogP contribution in [0.2, 0.25) is 0 Å². The molecule has 1 aliphatic rings. The lowest BCUT2D eigenvalue weighted by Gasteiger charge is -2.24. The molecule has 0 aromatic heterocycles. The van der Waals surface area contributed by atoms with Crippen LogP contribution in [0.15, 0.2) is 36.4 Å². The molecule has 35 heavy (non-hydrogen) atoms. The molecular formula is C25H33NO9. The second-order valence-electron chi connectivity index (χ2n) is 8.29. The molecule has 0 unspecified atom stereocenters. The van der Waals surface area contributed by atoms with Crippen LogP contribution >= 0.6 is 0 Å². The molecule has 1 aromatic carbocycles. The van der Waals surface area contributed by atoms with Crippen molar-refractivity contribution in [3.63, 3.8) is 0 Å². The van der Waals surface area contributed by atoms with Crippen LogP contribution in [-0.4, -0.2) is 62.1 Å². The van der Waals surface area contributed by atoms with Gasteiger partial charge in [-0.15, -0.1) is 0 Å². The van der Waals surface area contributed by atoms with E-state index in [0.717, 1.165) is 5.56 Å². The quantitative estimate of drug-likeness (QED) is 0.185. The number of carbonyl (C=O) groups excluding carboxylic acids is 3. The summed E-state index contributed by atoms with van der Waals surface area (Å²) in [7, 11) is 0. The molecule has 10 heteroatoms. The summed E-state index contributed by atoms with van der Waals surface area (Å²) in [4.78, 5) is 46.2. The topological polar surface area (TPSA) is 137 Å². The van der Waals surface area contributed by atoms with Crippen LogP contribution in [0.5, 0.6) is 5.75 Å². The van der Waals surface area contributed by atoms with Crippen molar-refractivity contribution in [3.05, 3.63) is 42.0 Å². The highest BCUT2D eigenvalue weighted by Crippen LogP contribution is 2.30. The molecule has 10 nitrogen and oxygen atoms in total. The predicted molar refractivity (Wildman–Crippen MR) is 125 cm³/mol. The number of alkyl carbamates (subject to hydrolysis) is 1. The van der Waals surface area contributed by atoms with E-state index in [4.69, 9.17) is 24.1 Å². The van der Waals surface area contributed by atoms with Crippen LogP contribution in [0.1, 0.15) is 38.2 Å². The zero-order valence-corrected chi connectivity index (χ0v) is 20.0. The van der Waals surface area contributed by atoms with Crippen LogP contribution < -0.4 is 10.1 Å². The third-order valence-corrected chi connectivity index (χ3v) is 5.50. The van der Waals surface area contributed by atoms with E-state index in [1.807, 2.05) is 0 Å². The van der Waals surface area contributed by atoms with E-state index in [2.05, 4.69) is 11.9 Å². The molecule has 0 saturated heterocycles. The summed E-state index contributed by atoms with van der Waals surface area (Å²) in [6.45, 7) is 6.04. The number of hydrogen-bond donors (Lipinski definition) is 2. The molecular weight excluding hydrogens is 458 g/mol. The molecule has 1 aliphatic carbocycles. The molecule has 0 heterocycles. The number of carboxylic acids is 1. The van der Waals surface area contributed by atoms with Crippen molar-refractivity contribution >= 4 is 24.0 Å². The summed E-state index contributed by atoms with van der Waals surface area (Å²) in [6.07, 6.45) is 1.94. The minimum absolute atomic E-state index is 0.113. The number of aliphatic carboxylic acids is 1. The van der Waals surface area contributed by atoms with Gasteiger partial charge in [-0.2, -0.15) is 0 Å². The fraction of sp³-hybridized carbons (Fsp3) is 0.520. The highest BCUT2D eigenvalue weighted by atomic mass is 16.6. The van der Waals surface area contributed by atoms with E-state index in [1.54, 1.807) is 31.2 Å². The largest absolute Gasteiger partial charge is 0.481 e. The lowest BCUT2D eigenvalue weighted by Crippen LogP contribution is -2.29. The standard InChI is InChI=1S/C25H33NO9/c1-17(2)23(29)33-16-15-32-14-12-26-25(31)34-13-11-18-3-9-21(10-4-18)35-24(30)20-7-5-19(6-8-20)22(27)28/h3-4,9-10,19-20H,1,5-8,11-16H2,2H3,(H,26,31)(H,27,28)/t19-,20-. The zero-order valence-electron chi connectivity index (χ0n) is 20.0. The number of amides is 1. The number of nitrogens with one attached hydrogen (secondary N) is 1. The van der Waals surface area contributed by atoms with Gasteiger partial charge in [0.25, 0.3) is 0 Å². The van der Waals surface area contributed by atoms with Gasteiger partial charge in [-0.05, 0) is 50.3 Å². The van der Waals surface area contributed by atoms with Crippen LogP contribution in [0.25, 0.3) is 0 Å². The summed E-state index contributed by atoms with van der Waals surface area (Å²) in [5, 5.41) is 11.6. The van der Waals surface area contributed by atoms with Gasteiger partial charge in [-0.1, -0.05) is 18.7 Å². The second kappa shape index (κ2) is 14.8. The molecule has 1 aromatic rings. The molecule has 192 valence electrons. The monoisotopic (exact) mass is 491 g/mol. The molecule has 0 spiro atoms. The highest BCUT2D eigenvalue weighted by Gasteiger charge is 2.30. The number of hydrogen-bond acceptors (Lipinski definition) is 8. The predicted octanol–water partition coefficient (Wildman–Crippen LogP) is 2.89. The smallest absolute Gasteiger partial charge is 0.407 e. The molecule has 0 aliphatic heterocycles. The molecule has 1 saturated carbocycles. The van der Waals surface area contributed by atoms with Crippen molar-refractivity contribution < 1.29 is 43.2 Å². The average molecular weight is 492 g/mol. The van der Waals surface area contributed by atoms with E-state index >= 15 is 0 Å². The zero-order chi connectivity index (χ0) is 25.6. The van der Waals surface area contributed by atoms with Crippen molar-refractivity contribution in [2.75, 3.05) is 33.0 Å². The fourth-order valence-electron chi connectivity index (χ4n) is 3.46.